The minimum Gasteiger partial charge on any atom is -0.366 e. The number of thioether (sulfide) groups is 1. The molecule has 2 atom stereocenters. The van der Waals surface area contributed by atoms with E-state index in [9.17, 15) is 0 Å². The van der Waals surface area contributed by atoms with Gasteiger partial charge in [0.05, 0.1) is 6.04 Å². The van der Waals surface area contributed by atoms with Crippen LogP contribution in [0.3, 0.4) is 0 Å². The summed E-state index contributed by atoms with van der Waals surface area (Å²) in [6, 6.07) is 11.1. The smallest absolute Gasteiger partial charge is 0.0607 e. The van der Waals surface area contributed by atoms with Gasteiger partial charge in [-0.05, 0) is 18.4 Å². The van der Waals surface area contributed by atoms with E-state index in [1.54, 1.807) is 0 Å². The molecule has 0 radical (unpaired) electrons. The number of hydrogen-bond donors (Lipinski definition) is 2. The molecule has 2 nitrogen and oxygen atoms in total. The van der Waals surface area contributed by atoms with Crippen LogP contribution in [0.25, 0.3) is 0 Å². The summed E-state index contributed by atoms with van der Waals surface area (Å²) in [6.45, 7) is 4.61. The van der Waals surface area contributed by atoms with Crippen LogP contribution in [0.5, 0.6) is 0 Å². The number of unbranched alkanes of at least 4 members (excludes halogenated alkanes) is 1. The third-order valence-corrected chi connectivity index (χ3v) is 6.18. The number of aromatic nitrogens is 1. The second-order valence-electron chi connectivity index (χ2n) is 6.29. The summed E-state index contributed by atoms with van der Waals surface area (Å²) in [7, 11) is 0. The first-order chi connectivity index (χ1) is 10.8. The zero-order valence-electron chi connectivity index (χ0n) is 13.6. The topological polar surface area (TPSA) is 27.8 Å². The van der Waals surface area contributed by atoms with Crippen molar-refractivity contribution in [2.45, 2.75) is 56.0 Å². The normalized spacial score (nSPS) is 24.7. The van der Waals surface area contributed by atoms with Crippen molar-refractivity contribution in [3.05, 3.63) is 53.9 Å². The fraction of sp³-hybridized carbons (Fsp3) is 0.474. The Bertz CT molecular complexity index is 592. The van der Waals surface area contributed by atoms with Crippen molar-refractivity contribution in [3.8, 4) is 0 Å². The molecule has 0 unspecified atom stereocenters. The SMILES string of the molecule is CCCC[C@]1(CC)CSc2c[nH]cc2[C@@H](c2ccccc2)N1. The Morgan fingerprint density at radius 2 is 2.00 bits per heavy atom. The molecular formula is C19H26N2S. The molecule has 0 saturated heterocycles. The molecule has 1 aromatic carbocycles. The van der Waals surface area contributed by atoms with Gasteiger partial charge in [0.15, 0.2) is 0 Å². The van der Waals surface area contributed by atoms with E-state index < -0.39 is 0 Å². The van der Waals surface area contributed by atoms with Crippen LogP contribution in [0, 0.1) is 0 Å². The van der Waals surface area contributed by atoms with E-state index >= 15 is 0 Å². The Morgan fingerprint density at radius 3 is 2.73 bits per heavy atom. The highest BCUT2D eigenvalue weighted by Gasteiger charge is 2.35. The van der Waals surface area contributed by atoms with Crippen molar-refractivity contribution in [2.75, 3.05) is 5.75 Å². The van der Waals surface area contributed by atoms with Crippen molar-refractivity contribution in [3.63, 3.8) is 0 Å². The fourth-order valence-electron chi connectivity index (χ4n) is 3.30. The van der Waals surface area contributed by atoms with Gasteiger partial charge >= 0.3 is 0 Å². The minimum atomic E-state index is 0.229. The first kappa shape index (κ1) is 15.7. The number of nitrogens with one attached hydrogen (secondary N) is 2. The van der Waals surface area contributed by atoms with Crippen molar-refractivity contribution in [1.82, 2.24) is 10.3 Å². The van der Waals surface area contributed by atoms with Gasteiger partial charge in [0, 0.05) is 34.1 Å². The zero-order chi connectivity index (χ0) is 15.4. The molecule has 118 valence electrons. The van der Waals surface area contributed by atoms with Crippen LogP contribution in [-0.2, 0) is 0 Å². The van der Waals surface area contributed by atoms with Gasteiger partial charge in [-0.25, -0.2) is 0 Å². The molecule has 1 aliphatic rings. The summed E-state index contributed by atoms with van der Waals surface area (Å²) in [4.78, 5) is 4.69. The lowest BCUT2D eigenvalue weighted by Gasteiger charge is -2.36. The Kier molecular flexibility index (Phi) is 4.94. The average molecular weight is 314 g/mol. The fourth-order valence-corrected chi connectivity index (χ4v) is 4.66. The number of hydrogen-bond acceptors (Lipinski definition) is 2. The molecular weight excluding hydrogens is 288 g/mol. The number of rotatable bonds is 5. The van der Waals surface area contributed by atoms with E-state index in [1.807, 2.05) is 11.8 Å². The Hall–Kier alpha value is -1.19. The summed E-state index contributed by atoms with van der Waals surface area (Å²) in [6.07, 6.45) is 9.31. The Balaban J connectivity index is 1.97. The van der Waals surface area contributed by atoms with E-state index in [4.69, 9.17) is 0 Å². The maximum atomic E-state index is 4.03. The molecule has 0 spiro atoms. The highest BCUT2D eigenvalue weighted by atomic mass is 32.2. The van der Waals surface area contributed by atoms with E-state index in [-0.39, 0.29) is 11.6 Å². The maximum Gasteiger partial charge on any atom is 0.0607 e. The van der Waals surface area contributed by atoms with Crippen LogP contribution >= 0.6 is 11.8 Å². The summed E-state index contributed by atoms with van der Waals surface area (Å²) in [5.74, 6) is 1.15. The van der Waals surface area contributed by atoms with Crippen molar-refractivity contribution >= 4 is 11.8 Å². The van der Waals surface area contributed by atoms with Crippen LogP contribution < -0.4 is 5.32 Å². The number of H-pyrrole nitrogens is 1. The van der Waals surface area contributed by atoms with Crippen molar-refractivity contribution in [1.29, 1.82) is 0 Å². The molecule has 0 amide bonds. The van der Waals surface area contributed by atoms with Crippen LogP contribution in [0.15, 0.2) is 47.6 Å². The van der Waals surface area contributed by atoms with Crippen molar-refractivity contribution in [2.24, 2.45) is 0 Å². The third-order valence-electron chi connectivity index (χ3n) is 4.82. The lowest BCUT2D eigenvalue weighted by Crippen LogP contribution is -2.48. The predicted molar refractivity (Wildman–Crippen MR) is 95.5 cm³/mol. The second kappa shape index (κ2) is 6.93. The van der Waals surface area contributed by atoms with Crippen LogP contribution in [0.4, 0.5) is 0 Å². The molecule has 0 fully saturated rings. The molecule has 0 aliphatic carbocycles. The summed E-state index contributed by atoms with van der Waals surface area (Å²) < 4.78 is 0. The molecule has 3 heteroatoms. The summed E-state index contributed by atoms with van der Waals surface area (Å²) in [5.41, 5.74) is 2.98. The summed E-state index contributed by atoms with van der Waals surface area (Å²) in [5, 5.41) is 4.03. The maximum absolute atomic E-state index is 4.03. The molecule has 2 heterocycles. The molecule has 3 rings (SSSR count). The van der Waals surface area contributed by atoms with Gasteiger partial charge in [-0.2, -0.15) is 0 Å². The van der Waals surface area contributed by atoms with Gasteiger partial charge in [0.2, 0.25) is 0 Å². The molecule has 0 bridgehead atoms. The molecule has 1 aromatic heterocycles. The van der Waals surface area contributed by atoms with Gasteiger partial charge in [0.1, 0.15) is 0 Å². The zero-order valence-corrected chi connectivity index (χ0v) is 14.4. The first-order valence-corrected chi connectivity index (χ1v) is 9.38. The first-order valence-electron chi connectivity index (χ1n) is 8.40. The monoisotopic (exact) mass is 314 g/mol. The third kappa shape index (κ3) is 3.11. The quantitative estimate of drug-likeness (QED) is 0.800. The van der Waals surface area contributed by atoms with Crippen LogP contribution in [0.1, 0.15) is 56.7 Å². The number of fused-ring (bicyclic) bond motifs is 1. The second-order valence-corrected chi connectivity index (χ2v) is 7.31. The molecule has 2 N–H and O–H groups in total. The lowest BCUT2D eigenvalue weighted by molar-refractivity contribution is 0.298. The van der Waals surface area contributed by atoms with Crippen LogP contribution in [-0.4, -0.2) is 16.3 Å². The molecule has 22 heavy (non-hydrogen) atoms. The van der Waals surface area contributed by atoms with Gasteiger partial charge < -0.3 is 4.98 Å². The molecule has 0 saturated carbocycles. The van der Waals surface area contributed by atoms with Gasteiger partial charge in [-0.1, -0.05) is 57.0 Å². The van der Waals surface area contributed by atoms with Crippen LogP contribution in [0.2, 0.25) is 0 Å². The Labute approximate surface area is 138 Å². The van der Waals surface area contributed by atoms with E-state index in [0.29, 0.717) is 0 Å². The van der Waals surface area contributed by atoms with Gasteiger partial charge in [-0.3, -0.25) is 5.32 Å². The Morgan fingerprint density at radius 1 is 1.18 bits per heavy atom. The highest BCUT2D eigenvalue weighted by Crippen LogP contribution is 2.40. The molecule has 1 aliphatic heterocycles. The molecule has 2 aromatic rings. The minimum absolute atomic E-state index is 0.229. The standard InChI is InChI=1S/C19H26N2S/c1-3-5-11-19(4-2)14-22-17-13-20-12-16(17)18(21-19)15-9-7-6-8-10-15/h6-10,12-13,18,20-21H,3-5,11,14H2,1-2H3/t18-,19-/m1/s1. The lowest BCUT2D eigenvalue weighted by atomic mass is 9.88. The average Bonchev–Trinajstić information content (AvgIpc) is 2.98. The van der Waals surface area contributed by atoms with E-state index in [1.165, 1.54) is 41.7 Å². The van der Waals surface area contributed by atoms with Gasteiger partial charge in [0.25, 0.3) is 0 Å². The summed E-state index contributed by atoms with van der Waals surface area (Å²) >= 11 is 2.00. The van der Waals surface area contributed by atoms with E-state index in [2.05, 4.69) is 66.9 Å². The largest absolute Gasteiger partial charge is 0.366 e. The van der Waals surface area contributed by atoms with Crippen molar-refractivity contribution < 1.29 is 0 Å². The number of aromatic amines is 1. The van der Waals surface area contributed by atoms with E-state index in [0.717, 1.165) is 5.75 Å². The predicted octanol–water partition coefficient (Wildman–Crippen LogP) is 5.14. The van der Waals surface area contributed by atoms with Gasteiger partial charge in [-0.15, -0.1) is 11.8 Å². The number of benzene rings is 1. The highest BCUT2D eigenvalue weighted by molar-refractivity contribution is 7.99.